The molecule has 5 aromatic rings. The van der Waals surface area contributed by atoms with Crippen molar-refractivity contribution in [3.63, 3.8) is 0 Å². The van der Waals surface area contributed by atoms with Gasteiger partial charge >= 0.3 is 0 Å². The highest BCUT2D eigenvalue weighted by Crippen LogP contribution is 2.28. The molecule has 6 bridgehead atoms. The Bertz CT molecular complexity index is 1270. The average Bonchev–Trinajstić information content (AvgIpc) is 3.25. The monoisotopic (exact) mass is 361 g/mol. The summed E-state index contributed by atoms with van der Waals surface area (Å²) in [4.78, 5) is 4.95. The largest absolute Gasteiger partial charge is 0.341 e. The number of rotatable bonds is 0. The fourth-order valence-electron chi connectivity index (χ4n) is 4.31. The number of benzene rings is 2. The number of fused-ring (bicyclic) bond motifs is 12. The zero-order valence-electron chi connectivity index (χ0n) is 15.4. The van der Waals surface area contributed by atoms with Gasteiger partial charge in [-0.15, -0.1) is 0 Å². The molecule has 3 aromatic heterocycles. The van der Waals surface area contributed by atoms with Gasteiger partial charge in [0, 0.05) is 45.3 Å². The zero-order valence-corrected chi connectivity index (χ0v) is 15.4. The van der Waals surface area contributed by atoms with Crippen LogP contribution in [0, 0.1) is 0 Å². The summed E-state index contributed by atoms with van der Waals surface area (Å²) in [6.45, 7) is 1.55. The van der Waals surface area contributed by atoms with Crippen LogP contribution in [0.15, 0.2) is 79.1 Å². The second kappa shape index (κ2) is 5.96. The molecule has 4 heterocycles. The van der Waals surface area contributed by atoms with Crippen molar-refractivity contribution in [2.45, 2.75) is 13.1 Å². The van der Waals surface area contributed by atoms with Crippen LogP contribution in [0.1, 0.15) is 22.5 Å². The van der Waals surface area contributed by atoms with E-state index in [1.807, 2.05) is 0 Å². The molecule has 1 aliphatic heterocycles. The molecule has 0 saturated carbocycles. The lowest BCUT2D eigenvalue weighted by Crippen LogP contribution is -2.05. The van der Waals surface area contributed by atoms with Crippen molar-refractivity contribution >= 4 is 34.0 Å². The Balaban J connectivity index is 1.66. The van der Waals surface area contributed by atoms with Gasteiger partial charge in [0.05, 0.1) is 24.5 Å². The maximum atomic E-state index is 4.95. The number of para-hydroxylation sites is 2. The summed E-state index contributed by atoms with van der Waals surface area (Å²) in [6, 6.07) is 23.6. The zero-order chi connectivity index (χ0) is 18.5. The van der Waals surface area contributed by atoms with Crippen LogP contribution in [0.3, 0.4) is 0 Å². The minimum Gasteiger partial charge on any atom is -0.341 e. The lowest BCUT2D eigenvalue weighted by molar-refractivity contribution is 0.764. The smallest absolute Gasteiger partial charge is 0.0649 e. The summed E-state index contributed by atoms with van der Waals surface area (Å²) in [5.74, 6) is 0. The highest BCUT2D eigenvalue weighted by atomic mass is 15.0. The van der Waals surface area contributed by atoms with Crippen molar-refractivity contribution < 1.29 is 0 Å². The number of pyridine rings is 1. The van der Waals surface area contributed by atoms with Crippen LogP contribution in [-0.4, -0.2) is 14.1 Å². The highest BCUT2D eigenvalue weighted by Gasteiger charge is 2.11. The summed E-state index contributed by atoms with van der Waals surface area (Å²) >= 11 is 0. The van der Waals surface area contributed by atoms with E-state index in [1.54, 1.807) is 0 Å². The molecular formula is C25H19N3. The van der Waals surface area contributed by atoms with Crippen molar-refractivity contribution in [3.05, 3.63) is 102 Å². The molecule has 0 unspecified atom stereocenters. The van der Waals surface area contributed by atoms with Crippen molar-refractivity contribution in [3.8, 4) is 0 Å². The summed E-state index contributed by atoms with van der Waals surface area (Å²) in [5, 5.41) is 2.55. The van der Waals surface area contributed by atoms with Crippen molar-refractivity contribution in [1.29, 1.82) is 0 Å². The molecule has 3 nitrogen and oxygen atoms in total. The van der Waals surface area contributed by atoms with E-state index >= 15 is 0 Å². The first-order valence-electron chi connectivity index (χ1n) is 9.64. The minimum atomic E-state index is 0.777. The molecule has 0 spiro atoms. The summed E-state index contributed by atoms with van der Waals surface area (Å²) in [6.07, 6.45) is 8.97. The van der Waals surface area contributed by atoms with Crippen molar-refractivity contribution in [2.75, 3.05) is 0 Å². The minimum absolute atomic E-state index is 0.777. The number of hydrogen-bond acceptors (Lipinski definition) is 1. The van der Waals surface area contributed by atoms with Crippen LogP contribution in [0.2, 0.25) is 0 Å². The third-order valence-electron chi connectivity index (χ3n) is 5.61. The molecule has 134 valence electrons. The Kier molecular flexibility index (Phi) is 3.29. The fourth-order valence-corrected chi connectivity index (χ4v) is 4.31. The number of nitrogens with zero attached hydrogens (tertiary/aromatic N) is 3. The van der Waals surface area contributed by atoms with E-state index in [2.05, 4.69) is 100 Å². The van der Waals surface area contributed by atoms with E-state index < -0.39 is 0 Å². The van der Waals surface area contributed by atoms with Gasteiger partial charge in [-0.2, -0.15) is 0 Å². The Labute approximate surface area is 163 Å². The molecule has 0 saturated heterocycles. The molecule has 0 N–H and O–H groups in total. The SMILES string of the molecule is C1=C\c2cn(c3ccccc23)Cc2cccc(n2)Cn2cc/1c1ccccc12. The predicted octanol–water partition coefficient (Wildman–Crippen LogP) is 5.57. The van der Waals surface area contributed by atoms with Crippen LogP contribution in [-0.2, 0) is 13.1 Å². The molecule has 6 rings (SSSR count). The van der Waals surface area contributed by atoms with Gasteiger partial charge in [0.2, 0.25) is 0 Å². The quantitative estimate of drug-likeness (QED) is 0.347. The lowest BCUT2D eigenvalue weighted by Gasteiger charge is -2.09. The lowest BCUT2D eigenvalue weighted by atomic mass is 10.1. The second-order valence-electron chi connectivity index (χ2n) is 7.41. The van der Waals surface area contributed by atoms with E-state index in [-0.39, 0.29) is 0 Å². The molecule has 28 heavy (non-hydrogen) atoms. The average molecular weight is 361 g/mol. The molecule has 0 radical (unpaired) electrons. The van der Waals surface area contributed by atoms with E-state index in [9.17, 15) is 0 Å². The van der Waals surface area contributed by atoms with Gasteiger partial charge in [0.15, 0.2) is 0 Å². The van der Waals surface area contributed by atoms with Gasteiger partial charge in [0.1, 0.15) is 0 Å². The first-order valence-corrected chi connectivity index (χ1v) is 9.64. The van der Waals surface area contributed by atoms with Gasteiger partial charge in [-0.3, -0.25) is 4.98 Å². The molecule has 3 heteroatoms. The van der Waals surface area contributed by atoms with Gasteiger partial charge in [-0.1, -0.05) is 54.6 Å². The van der Waals surface area contributed by atoms with Gasteiger partial charge in [0.25, 0.3) is 0 Å². The molecule has 0 amide bonds. The summed E-state index contributed by atoms with van der Waals surface area (Å²) in [7, 11) is 0. The van der Waals surface area contributed by atoms with Crippen molar-refractivity contribution in [1.82, 2.24) is 14.1 Å². The third-order valence-corrected chi connectivity index (χ3v) is 5.61. The molecule has 0 aliphatic carbocycles. The van der Waals surface area contributed by atoms with E-state index in [0.717, 1.165) is 24.5 Å². The van der Waals surface area contributed by atoms with Gasteiger partial charge in [-0.05, 0) is 24.3 Å². The Morgan fingerprint density at radius 2 is 1.07 bits per heavy atom. The maximum absolute atomic E-state index is 4.95. The van der Waals surface area contributed by atoms with E-state index in [4.69, 9.17) is 4.98 Å². The van der Waals surface area contributed by atoms with Crippen LogP contribution < -0.4 is 0 Å². The highest BCUT2D eigenvalue weighted by molar-refractivity contribution is 5.96. The first-order chi connectivity index (χ1) is 13.8. The predicted molar refractivity (Wildman–Crippen MR) is 115 cm³/mol. The second-order valence-corrected chi connectivity index (χ2v) is 7.41. The molecular weight excluding hydrogens is 342 g/mol. The third kappa shape index (κ3) is 2.40. The van der Waals surface area contributed by atoms with Gasteiger partial charge < -0.3 is 9.13 Å². The summed E-state index contributed by atoms with van der Waals surface area (Å²) < 4.78 is 4.61. The standard InChI is InChI=1S/C25H19N3/c1-3-10-24-22(8-1)18-12-13-19-15-28(25-11-4-2-9-23(19)25)17-21-7-5-6-20(26-21)16-27(24)14-18/h1-15H,16-17H2/b13-12-. The first kappa shape index (κ1) is 15.5. The van der Waals surface area contributed by atoms with Crippen molar-refractivity contribution in [2.24, 2.45) is 0 Å². The number of hydrogen-bond donors (Lipinski definition) is 0. The van der Waals surface area contributed by atoms with E-state index in [0.29, 0.717) is 0 Å². The maximum Gasteiger partial charge on any atom is 0.0649 e. The van der Waals surface area contributed by atoms with Crippen LogP contribution in [0.4, 0.5) is 0 Å². The normalized spacial score (nSPS) is 14.4. The topological polar surface area (TPSA) is 22.8 Å². The summed E-state index contributed by atoms with van der Waals surface area (Å²) in [5.41, 5.74) is 7.14. The van der Waals surface area contributed by atoms with Crippen LogP contribution in [0.5, 0.6) is 0 Å². The Hall–Kier alpha value is -3.59. The molecule has 0 atom stereocenters. The fraction of sp³-hybridized carbons (Fsp3) is 0.0800. The van der Waals surface area contributed by atoms with Crippen LogP contribution >= 0.6 is 0 Å². The Morgan fingerprint density at radius 1 is 0.571 bits per heavy atom. The Morgan fingerprint density at radius 3 is 1.61 bits per heavy atom. The van der Waals surface area contributed by atoms with E-state index in [1.165, 1.54) is 32.9 Å². The molecule has 1 aliphatic rings. The van der Waals surface area contributed by atoms with Gasteiger partial charge in [-0.25, -0.2) is 0 Å². The molecule has 2 aromatic carbocycles. The molecule has 0 fully saturated rings. The number of aromatic nitrogens is 3. The van der Waals surface area contributed by atoms with Crippen LogP contribution in [0.25, 0.3) is 34.0 Å².